The molecule has 3 heterocycles. The van der Waals surface area contributed by atoms with E-state index in [-0.39, 0.29) is 11.5 Å². The van der Waals surface area contributed by atoms with Crippen molar-refractivity contribution in [2.24, 2.45) is 4.99 Å². The van der Waals surface area contributed by atoms with Crippen molar-refractivity contribution in [2.75, 3.05) is 13.7 Å². The summed E-state index contributed by atoms with van der Waals surface area (Å²) >= 11 is 1.31. The van der Waals surface area contributed by atoms with E-state index in [0.29, 0.717) is 39.2 Å². The van der Waals surface area contributed by atoms with Crippen molar-refractivity contribution in [3.63, 3.8) is 0 Å². The van der Waals surface area contributed by atoms with Crippen molar-refractivity contribution in [1.82, 2.24) is 9.13 Å². The van der Waals surface area contributed by atoms with Gasteiger partial charge < -0.3 is 14.0 Å². The van der Waals surface area contributed by atoms with Crippen molar-refractivity contribution in [1.29, 1.82) is 0 Å². The van der Waals surface area contributed by atoms with E-state index in [1.165, 1.54) is 18.4 Å². The van der Waals surface area contributed by atoms with E-state index < -0.39 is 12.0 Å². The normalized spacial score (nSPS) is 15.0. The lowest BCUT2D eigenvalue weighted by Gasteiger charge is -2.25. The Balaban J connectivity index is 1.63. The molecule has 8 nitrogen and oxygen atoms in total. The quantitative estimate of drug-likeness (QED) is 0.308. The summed E-state index contributed by atoms with van der Waals surface area (Å²) in [5.41, 5.74) is 5.79. The van der Waals surface area contributed by atoms with Crippen LogP contribution in [0.4, 0.5) is 0 Å². The van der Waals surface area contributed by atoms with Crippen molar-refractivity contribution in [3.8, 4) is 5.69 Å². The van der Waals surface area contributed by atoms with Gasteiger partial charge in [0.05, 0.1) is 41.1 Å². The Morgan fingerprint density at radius 1 is 1.02 bits per heavy atom. The van der Waals surface area contributed by atoms with Gasteiger partial charge in [-0.2, -0.15) is 0 Å². The third-order valence-corrected chi connectivity index (χ3v) is 8.14. The number of thiazole rings is 1. The minimum atomic E-state index is -0.637. The molecule has 2 aromatic carbocycles. The number of carbonyl (C=O) groups is 2. The van der Waals surface area contributed by atoms with Gasteiger partial charge in [0.2, 0.25) is 0 Å². The Hall–Kier alpha value is -4.50. The first-order valence-corrected chi connectivity index (χ1v) is 14.2. The minimum Gasteiger partial charge on any atom is -0.466 e. The predicted octanol–water partition coefficient (Wildman–Crippen LogP) is 4.38. The zero-order valence-corrected chi connectivity index (χ0v) is 24.5. The summed E-state index contributed by atoms with van der Waals surface area (Å²) in [6.07, 6.45) is 2.40. The Morgan fingerprint density at radius 3 is 2.37 bits per heavy atom. The maximum atomic E-state index is 13.9. The number of allylic oxidation sites excluding steroid dienone is 1. The van der Waals surface area contributed by atoms with E-state index in [0.717, 1.165) is 28.2 Å². The van der Waals surface area contributed by atoms with Crippen molar-refractivity contribution in [2.45, 2.75) is 40.2 Å². The Bertz CT molecular complexity index is 1840. The number of benzene rings is 2. The number of methoxy groups -OCH3 is 1. The van der Waals surface area contributed by atoms with E-state index in [1.807, 2.05) is 75.4 Å². The largest absolute Gasteiger partial charge is 0.466 e. The van der Waals surface area contributed by atoms with E-state index in [9.17, 15) is 14.4 Å². The average Bonchev–Trinajstić information content (AvgIpc) is 3.45. The van der Waals surface area contributed by atoms with E-state index >= 15 is 0 Å². The molecule has 41 heavy (non-hydrogen) atoms. The molecule has 0 radical (unpaired) electrons. The molecule has 210 valence electrons. The molecule has 0 unspecified atom stereocenters. The highest BCUT2D eigenvalue weighted by atomic mass is 32.1. The first-order chi connectivity index (χ1) is 19.8. The molecule has 1 aliphatic heterocycles. The van der Waals surface area contributed by atoms with Crippen LogP contribution < -0.4 is 14.9 Å². The highest BCUT2D eigenvalue weighted by Gasteiger charge is 2.33. The number of aromatic nitrogens is 2. The molecule has 9 heteroatoms. The van der Waals surface area contributed by atoms with Crippen LogP contribution in [0, 0.1) is 13.8 Å². The average molecular weight is 570 g/mol. The molecule has 0 saturated carbocycles. The molecule has 0 N–H and O–H groups in total. The molecule has 1 atom stereocenters. The molecule has 0 saturated heterocycles. The Morgan fingerprint density at radius 2 is 1.73 bits per heavy atom. The van der Waals surface area contributed by atoms with Gasteiger partial charge in [0.15, 0.2) is 4.80 Å². The van der Waals surface area contributed by atoms with Gasteiger partial charge in [-0.1, -0.05) is 48.6 Å². The van der Waals surface area contributed by atoms with Crippen molar-refractivity contribution >= 4 is 29.4 Å². The monoisotopic (exact) mass is 569 g/mol. The lowest BCUT2D eigenvalue weighted by Crippen LogP contribution is -2.40. The molecule has 4 aromatic rings. The van der Waals surface area contributed by atoms with Crippen LogP contribution in [-0.4, -0.2) is 34.8 Å². The second-order valence-electron chi connectivity index (χ2n) is 9.63. The van der Waals surface area contributed by atoms with E-state index in [2.05, 4.69) is 4.57 Å². The third-order valence-electron chi connectivity index (χ3n) is 7.16. The van der Waals surface area contributed by atoms with Crippen LogP contribution >= 0.6 is 11.3 Å². The van der Waals surface area contributed by atoms with Crippen LogP contribution in [0.1, 0.15) is 59.2 Å². The number of esters is 2. The lowest BCUT2D eigenvalue weighted by molar-refractivity contribution is -0.136. The highest BCUT2D eigenvalue weighted by molar-refractivity contribution is 7.07. The Labute approximate surface area is 241 Å². The summed E-state index contributed by atoms with van der Waals surface area (Å²) in [7, 11) is 1.34. The summed E-state index contributed by atoms with van der Waals surface area (Å²) in [5, 5.41) is 0. The third kappa shape index (κ3) is 5.09. The zero-order valence-electron chi connectivity index (χ0n) is 23.6. The predicted molar refractivity (Wildman–Crippen MR) is 158 cm³/mol. The number of ether oxygens (including phenoxy) is 2. The second kappa shape index (κ2) is 11.5. The molecule has 1 aliphatic rings. The first-order valence-electron chi connectivity index (χ1n) is 13.4. The first kappa shape index (κ1) is 28.0. The van der Waals surface area contributed by atoms with E-state index in [1.54, 1.807) is 23.6 Å². The molecule has 0 spiro atoms. The molecule has 0 amide bonds. The molecule has 0 aliphatic carbocycles. The number of nitrogens with zero attached hydrogens (tertiary/aromatic N) is 3. The summed E-state index contributed by atoms with van der Waals surface area (Å²) in [6.45, 7) is 8.02. The number of carbonyl (C=O) groups excluding carboxylic acids is 2. The summed E-state index contributed by atoms with van der Waals surface area (Å²) in [6, 6.07) is 18.1. The van der Waals surface area contributed by atoms with Gasteiger partial charge in [0.25, 0.3) is 5.56 Å². The highest BCUT2D eigenvalue weighted by Crippen LogP contribution is 2.31. The van der Waals surface area contributed by atoms with Gasteiger partial charge in [0.1, 0.15) is 0 Å². The van der Waals surface area contributed by atoms with Crippen LogP contribution in [0.5, 0.6) is 0 Å². The fourth-order valence-electron chi connectivity index (χ4n) is 5.25. The van der Waals surface area contributed by atoms with Crippen molar-refractivity contribution in [3.05, 3.63) is 120 Å². The summed E-state index contributed by atoms with van der Waals surface area (Å²) in [5.74, 6) is -0.849. The number of hydrogen-bond acceptors (Lipinski definition) is 7. The molecular weight excluding hydrogens is 538 g/mol. The van der Waals surface area contributed by atoms with Crippen LogP contribution in [0.15, 0.2) is 81.7 Å². The number of hydrogen-bond donors (Lipinski definition) is 0. The number of rotatable bonds is 7. The fourth-order valence-corrected chi connectivity index (χ4v) is 6.26. The van der Waals surface area contributed by atoms with Gasteiger partial charge in [-0.3, -0.25) is 9.36 Å². The Kier molecular flexibility index (Phi) is 7.90. The van der Waals surface area contributed by atoms with Gasteiger partial charge >= 0.3 is 11.9 Å². The van der Waals surface area contributed by atoms with Gasteiger partial charge in [-0.05, 0) is 74.7 Å². The van der Waals surface area contributed by atoms with Gasteiger partial charge in [-0.15, -0.1) is 0 Å². The van der Waals surface area contributed by atoms with E-state index in [4.69, 9.17) is 14.5 Å². The fraction of sp³-hybridized carbons (Fsp3) is 0.250. The van der Waals surface area contributed by atoms with Crippen LogP contribution in [0.3, 0.4) is 0 Å². The maximum absolute atomic E-state index is 13.9. The van der Waals surface area contributed by atoms with Gasteiger partial charge in [0, 0.05) is 17.1 Å². The van der Waals surface area contributed by atoms with Crippen LogP contribution in [0.2, 0.25) is 0 Å². The standard InChI is InChI=1S/C32H31N3O5S/c1-6-25-27(31(38)39-5)28(21-11-9-8-10-12-21)35-29(36)26(41-32(35)33-25)18-23-17-19(3)34(20(23)4)24-15-13-22(14-16-24)30(37)40-7-2/h8-18,28H,6-7H2,1-5H3/b26-18-/t28-/m1/s1. The molecular formula is C32H31N3O5S. The minimum absolute atomic E-state index is 0.220. The lowest BCUT2D eigenvalue weighted by atomic mass is 9.95. The van der Waals surface area contributed by atoms with Crippen LogP contribution in [-0.2, 0) is 14.3 Å². The molecule has 5 rings (SSSR count). The van der Waals surface area contributed by atoms with Crippen LogP contribution in [0.25, 0.3) is 11.8 Å². The topological polar surface area (TPSA) is 91.9 Å². The SMILES string of the molecule is CCOC(=O)c1ccc(-n2c(C)cc(/C=c3\sc4n(c3=O)[C@H](c3ccccc3)C(C(=O)OC)=C(CC)N=4)c2C)cc1. The maximum Gasteiger partial charge on any atom is 0.338 e. The molecule has 0 bridgehead atoms. The zero-order chi connectivity index (χ0) is 29.3. The second-order valence-corrected chi connectivity index (χ2v) is 10.6. The number of fused-ring (bicyclic) bond motifs is 1. The van der Waals surface area contributed by atoms with Gasteiger partial charge in [-0.25, -0.2) is 14.6 Å². The van der Waals surface area contributed by atoms with Crippen molar-refractivity contribution < 1.29 is 19.1 Å². The summed E-state index contributed by atoms with van der Waals surface area (Å²) < 4.78 is 14.4. The molecule has 2 aromatic heterocycles. The number of aryl methyl sites for hydroxylation is 1. The molecule has 0 fully saturated rings. The summed E-state index contributed by atoms with van der Waals surface area (Å²) in [4.78, 5) is 44.3. The smallest absolute Gasteiger partial charge is 0.338 e.